The number of carbonyl (C=O) groups is 1. The van der Waals surface area contributed by atoms with Crippen LogP contribution in [-0.2, 0) is 23.7 Å². The Morgan fingerprint density at radius 1 is 1.48 bits per heavy atom. The second-order valence-electron chi connectivity index (χ2n) is 6.81. The van der Waals surface area contributed by atoms with Crippen LogP contribution in [-0.4, -0.2) is 15.6 Å². The summed E-state index contributed by atoms with van der Waals surface area (Å²) in [5.41, 5.74) is 1.60. The fourth-order valence-electron chi connectivity index (χ4n) is 4.16. The molecule has 2 atom stereocenters. The van der Waals surface area contributed by atoms with Gasteiger partial charge in [-0.1, -0.05) is 26.8 Å². The molecule has 0 saturated heterocycles. The van der Waals surface area contributed by atoms with E-state index in [1.54, 1.807) is 0 Å². The largest absolute Gasteiger partial charge is 0.307 e. The first-order valence-electron chi connectivity index (χ1n) is 7.10. The Morgan fingerprint density at radius 2 is 2.14 bits per heavy atom. The van der Waals surface area contributed by atoms with Crippen LogP contribution in [0, 0.1) is 17.9 Å². The Labute approximate surface area is 133 Å². The third-order valence-corrected chi connectivity index (χ3v) is 6.22. The first-order valence-corrected chi connectivity index (χ1v) is 7.89. The quantitative estimate of drug-likeness (QED) is 0.674. The second kappa shape index (κ2) is 4.30. The van der Waals surface area contributed by atoms with Crippen molar-refractivity contribution >= 4 is 21.7 Å². The topological polar surface area (TPSA) is 39.2 Å². The van der Waals surface area contributed by atoms with E-state index in [1.807, 2.05) is 31.7 Å². The molecule has 0 fully saturated rings. The van der Waals surface area contributed by atoms with Gasteiger partial charge >= 0.3 is 0 Å². The van der Waals surface area contributed by atoms with Crippen molar-refractivity contribution in [2.24, 2.45) is 18.4 Å². The number of fused-ring (bicyclic) bond motifs is 3. The van der Waals surface area contributed by atoms with E-state index < -0.39 is 5.41 Å². The lowest BCUT2D eigenvalue weighted by molar-refractivity contribution is -0.128. The molecule has 5 heteroatoms. The molecule has 4 nitrogen and oxygen atoms in total. The average molecular weight is 348 g/mol. The summed E-state index contributed by atoms with van der Waals surface area (Å²) in [4.78, 5) is 16.0. The van der Waals surface area contributed by atoms with Gasteiger partial charge in [-0.05, 0) is 34.7 Å². The van der Waals surface area contributed by atoms with Crippen LogP contribution in [0.25, 0.3) is 4.85 Å². The molecule has 21 heavy (non-hydrogen) atoms. The summed E-state index contributed by atoms with van der Waals surface area (Å²) in [6, 6.07) is 0. The zero-order valence-corrected chi connectivity index (χ0v) is 14.3. The molecule has 1 heterocycles. The van der Waals surface area contributed by atoms with Gasteiger partial charge in [-0.25, -0.2) is 4.85 Å². The van der Waals surface area contributed by atoms with Crippen LogP contribution in [0.15, 0.2) is 16.4 Å². The highest BCUT2D eigenvalue weighted by Gasteiger charge is 2.55. The van der Waals surface area contributed by atoms with Crippen LogP contribution in [0.4, 0.5) is 0 Å². The molecular formula is C16H18BrN3O. The normalized spacial score (nSPS) is 30.2. The smallest absolute Gasteiger partial charge is 0.226 e. The molecule has 0 aromatic carbocycles. The Bertz CT molecular complexity index is 723. The molecule has 2 aliphatic rings. The molecule has 0 unspecified atom stereocenters. The van der Waals surface area contributed by atoms with Gasteiger partial charge in [0.05, 0.1) is 12.3 Å². The van der Waals surface area contributed by atoms with Gasteiger partial charge in [0, 0.05) is 23.4 Å². The summed E-state index contributed by atoms with van der Waals surface area (Å²) in [6.07, 6.45) is 3.71. The number of aryl methyl sites for hydroxylation is 1. The summed E-state index contributed by atoms with van der Waals surface area (Å²) in [5, 5.41) is 4.68. The lowest BCUT2D eigenvalue weighted by atomic mass is 9.53. The molecular weight excluding hydrogens is 330 g/mol. The predicted molar refractivity (Wildman–Crippen MR) is 83.5 cm³/mol. The minimum Gasteiger partial charge on any atom is -0.307 e. The second-order valence-corrected chi connectivity index (χ2v) is 7.56. The summed E-state index contributed by atoms with van der Waals surface area (Å²) < 4.78 is 2.84. The maximum atomic E-state index is 12.5. The molecule has 0 bridgehead atoms. The van der Waals surface area contributed by atoms with Crippen molar-refractivity contribution in [2.45, 2.75) is 39.0 Å². The van der Waals surface area contributed by atoms with Gasteiger partial charge in [0.1, 0.15) is 4.60 Å². The van der Waals surface area contributed by atoms with E-state index in [0.717, 1.165) is 23.1 Å². The van der Waals surface area contributed by atoms with Gasteiger partial charge in [-0.15, -0.1) is 0 Å². The number of nitrogens with zero attached hydrogens (tertiary/aromatic N) is 3. The number of ketones is 1. The maximum absolute atomic E-state index is 12.5. The molecule has 0 N–H and O–H groups in total. The van der Waals surface area contributed by atoms with Gasteiger partial charge < -0.3 is 4.79 Å². The van der Waals surface area contributed by atoms with Crippen LogP contribution in [0.2, 0.25) is 0 Å². The first kappa shape index (κ1) is 14.5. The van der Waals surface area contributed by atoms with E-state index in [1.165, 1.54) is 5.56 Å². The van der Waals surface area contributed by atoms with E-state index in [2.05, 4.69) is 32.8 Å². The van der Waals surface area contributed by atoms with Gasteiger partial charge in [-0.3, -0.25) is 4.68 Å². The highest BCUT2D eigenvalue weighted by atomic mass is 79.9. The van der Waals surface area contributed by atoms with E-state index in [4.69, 9.17) is 6.57 Å². The van der Waals surface area contributed by atoms with Crippen molar-refractivity contribution in [1.29, 1.82) is 0 Å². The third-order valence-electron chi connectivity index (χ3n) is 5.23. The molecule has 0 radical (unpaired) electrons. The maximum Gasteiger partial charge on any atom is 0.226 e. The van der Waals surface area contributed by atoms with Gasteiger partial charge in [0.15, 0.2) is 5.78 Å². The highest BCUT2D eigenvalue weighted by molar-refractivity contribution is 9.10. The first-order chi connectivity index (χ1) is 9.73. The number of carbonyl (C=O) groups excluding carboxylic acids is 1. The zero-order valence-electron chi connectivity index (χ0n) is 12.7. The average Bonchev–Trinajstić information content (AvgIpc) is 2.72. The molecule has 1 aromatic rings. The SMILES string of the molecule is [C-]#[N+]C1=C[C@]2(C)c3nn(C)c(Br)c3CC[C@H]2C(C)(C)C1=O. The number of halogens is 1. The minimum absolute atomic E-state index is 0.0292. The van der Waals surface area contributed by atoms with Crippen LogP contribution >= 0.6 is 15.9 Å². The van der Waals surface area contributed by atoms with Crippen molar-refractivity contribution in [3.8, 4) is 0 Å². The summed E-state index contributed by atoms with van der Waals surface area (Å²) >= 11 is 3.60. The van der Waals surface area contributed by atoms with Crippen molar-refractivity contribution in [1.82, 2.24) is 9.78 Å². The van der Waals surface area contributed by atoms with E-state index in [9.17, 15) is 4.79 Å². The van der Waals surface area contributed by atoms with Gasteiger partial charge in [0.25, 0.3) is 0 Å². The van der Waals surface area contributed by atoms with Crippen molar-refractivity contribution < 1.29 is 4.79 Å². The van der Waals surface area contributed by atoms with E-state index in [-0.39, 0.29) is 22.8 Å². The number of aromatic nitrogens is 2. The molecule has 3 rings (SSSR count). The van der Waals surface area contributed by atoms with Crippen LogP contribution in [0.3, 0.4) is 0 Å². The predicted octanol–water partition coefficient (Wildman–Crippen LogP) is 3.41. The molecule has 0 saturated carbocycles. The van der Waals surface area contributed by atoms with Crippen molar-refractivity contribution in [3.63, 3.8) is 0 Å². The Morgan fingerprint density at radius 3 is 2.76 bits per heavy atom. The van der Waals surface area contributed by atoms with Crippen LogP contribution < -0.4 is 0 Å². The molecule has 110 valence electrons. The number of hydrogen-bond acceptors (Lipinski definition) is 2. The van der Waals surface area contributed by atoms with E-state index >= 15 is 0 Å². The van der Waals surface area contributed by atoms with Crippen LogP contribution in [0.5, 0.6) is 0 Å². The van der Waals surface area contributed by atoms with Crippen LogP contribution in [0.1, 0.15) is 38.4 Å². The Hall–Kier alpha value is -1.41. The standard InChI is InChI=1S/C16H18BrN3O/c1-15(2)11-7-6-9-12(19-20(5)14(9)17)16(11,3)8-10(18-4)13(15)21/h8,11H,6-7H2,1-3,5H3/t11-,16-/m0/s1. The third kappa shape index (κ3) is 1.72. The Balaban J connectivity index is 2.30. The number of Topliss-reactive ketones (excluding diaryl/α,β-unsaturated/α-hetero) is 1. The minimum atomic E-state index is -0.523. The molecule has 2 aliphatic carbocycles. The molecule has 0 amide bonds. The molecule has 1 aromatic heterocycles. The number of allylic oxidation sites excluding steroid dienone is 2. The summed E-state index contributed by atoms with van der Waals surface area (Å²) in [5.74, 6) is 0.149. The number of rotatable bonds is 0. The zero-order chi connectivity index (χ0) is 15.6. The fraction of sp³-hybridized carbons (Fsp3) is 0.562. The fourth-order valence-corrected chi connectivity index (χ4v) is 4.62. The van der Waals surface area contributed by atoms with Gasteiger partial charge in [-0.2, -0.15) is 5.10 Å². The number of hydrogen-bond donors (Lipinski definition) is 0. The monoisotopic (exact) mass is 347 g/mol. The lowest BCUT2D eigenvalue weighted by Gasteiger charge is -2.49. The Kier molecular flexibility index (Phi) is 2.97. The molecule has 0 spiro atoms. The van der Waals surface area contributed by atoms with Gasteiger partial charge in [0.2, 0.25) is 5.70 Å². The summed E-state index contributed by atoms with van der Waals surface area (Å²) in [6.45, 7) is 13.4. The lowest BCUT2D eigenvalue weighted by Crippen LogP contribution is -2.50. The highest BCUT2D eigenvalue weighted by Crippen LogP contribution is 2.55. The molecule has 0 aliphatic heterocycles. The van der Waals surface area contributed by atoms with Crippen molar-refractivity contribution in [3.05, 3.63) is 39.1 Å². The van der Waals surface area contributed by atoms with Crippen molar-refractivity contribution in [2.75, 3.05) is 0 Å². The summed E-state index contributed by atoms with van der Waals surface area (Å²) in [7, 11) is 1.92. The van der Waals surface area contributed by atoms with E-state index in [0.29, 0.717) is 0 Å².